The lowest BCUT2D eigenvalue weighted by molar-refractivity contribution is 0.0980. The second-order valence-electron chi connectivity index (χ2n) is 3.09. The van der Waals surface area contributed by atoms with Gasteiger partial charge in [0, 0.05) is 0 Å². The normalized spacial score (nSPS) is 10.5. The van der Waals surface area contributed by atoms with Gasteiger partial charge in [0.1, 0.15) is 17.1 Å². The van der Waals surface area contributed by atoms with Gasteiger partial charge in [0.2, 0.25) is 0 Å². The molecule has 78 valence electrons. The molecule has 2 rings (SSSR count). The first-order valence-corrected chi connectivity index (χ1v) is 4.29. The summed E-state index contributed by atoms with van der Waals surface area (Å²) in [6.45, 7) is 3.37. The summed E-state index contributed by atoms with van der Waals surface area (Å²) < 4.78 is 8.92. The van der Waals surface area contributed by atoms with E-state index in [1.165, 1.54) is 0 Å². The molecule has 0 saturated carbocycles. The van der Waals surface area contributed by atoms with E-state index in [-0.39, 0.29) is 17.9 Å². The molecule has 0 saturated heterocycles. The molecule has 2 heterocycles. The molecular weight excluding hydrogens is 200 g/mol. The van der Waals surface area contributed by atoms with Crippen LogP contribution in [0.15, 0.2) is 9.26 Å². The maximum atomic E-state index is 11.7. The molecule has 7 heteroatoms. The number of aromatic nitrogens is 4. The van der Waals surface area contributed by atoms with E-state index in [0.717, 1.165) is 0 Å². The molecule has 0 aliphatic heterocycles. The van der Waals surface area contributed by atoms with Gasteiger partial charge in [-0.1, -0.05) is 15.5 Å². The summed E-state index contributed by atoms with van der Waals surface area (Å²) >= 11 is 0. The number of Topliss-reactive ketones (excluding diaryl/α,β-unsaturated/α-hetero) is 1. The number of aryl methyl sites for hydroxylation is 2. The fraction of sp³-hybridized carbons (Fsp3) is 0.375. The third-order valence-corrected chi connectivity index (χ3v) is 1.99. The van der Waals surface area contributed by atoms with Gasteiger partial charge >= 0.3 is 0 Å². The van der Waals surface area contributed by atoms with Gasteiger partial charge in [0.25, 0.3) is 0 Å². The van der Waals surface area contributed by atoms with Gasteiger partial charge in [0.05, 0.1) is 6.42 Å². The number of rotatable bonds is 3. The van der Waals surface area contributed by atoms with Gasteiger partial charge in [0.15, 0.2) is 11.5 Å². The largest absolute Gasteiger partial charge is 0.292 e. The zero-order valence-corrected chi connectivity index (χ0v) is 8.22. The maximum Gasteiger partial charge on any atom is 0.192 e. The molecule has 0 unspecified atom stereocenters. The summed E-state index contributed by atoms with van der Waals surface area (Å²) in [5, 5.41) is 14.2. The average molecular weight is 208 g/mol. The van der Waals surface area contributed by atoms with Crippen LogP contribution in [0, 0.1) is 13.8 Å². The molecule has 2 aromatic rings. The van der Waals surface area contributed by atoms with Crippen molar-refractivity contribution in [1.29, 1.82) is 0 Å². The summed E-state index contributed by atoms with van der Waals surface area (Å²) in [7, 11) is 0. The van der Waals surface area contributed by atoms with Crippen molar-refractivity contribution in [3.63, 3.8) is 0 Å². The first-order valence-electron chi connectivity index (χ1n) is 4.29. The molecule has 2 aromatic heterocycles. The lowest BCUT2D eigenvalue weighted by Crippen LogP contribution is -2.07. The van der Waals surface area contributed by atoms with Crippen LogP contribution in [0.5, 0.6) is 0 Å². The molecule has 7 nitrogen and oxygen atoms in total. The fourth-order valence-corrected chi connectivity index (χ4v) is 1.13. The number of hydrogen-bond donors (Lipinski definition) is 0. The van der Waals surface area contributed by atoms with Crippen molar-refractivity contribution in [3.05, 3.63) is 22.8 Å². The summed E-state index contributed by atoms with van der Waals surface area (Å²) in [6.07, 6.45) is 0.0877. The van der Waals surface area contributed by atoms with E-state index in [2.05, 4.69) is 29.9 Å². The molecule has 0 aliphatic rings. The van der Waals surface area contributed by atoms with Gasteiger partial charge < -0.3 is 0 Å². The molecule has 0 atom stereocenters. The summed E-state index contributed by atoms with van der Waals surface area (Å²) in [5.41, 5.74) is 1.78. The van der Waals surface area contributed by atoms with E-state index < -0.39 is 0 Å². The molecule has 0 radical (unpaired) electrons. The predicted octanol–water partition coefficient (Wildman–Crippen LogP) is 0.495. The van der Waals surface area contributed by atoms with Crippen molar-refractivity contribution in [2.45, 2.75) is 20.3 Å². The van der Waals surface area contributed by atoms with E-state index in [1.54, 1.807) is 13.8 Å². The zero-order chi connectivity index (χ0) is 10.8. The highest BCUT2D eigenvalue weighted by atomic mass is 16.6. The number of carbonyl (C=O) groups excluding carboxylic acids is 1. The Bertz CT molecular complexity index is 488. The van der Waals surface area contributed by atoms with Crippen molar-refractivity contribution >= 4 is 5.78 Å². The van der Waals surface area contributed by atoms with Crippen molar-refractivity contribution < 1.29 is 14.1 Å². The van der Waals surface area contributed by atoms with Crippen molar-refractivity contribution in [3.8, 4) is 0 Å². The third kappa shape index (κ3) is 1.76. The van der Waals surface area contributed by atoms with E-state index in [0.29, 0.717) is 17.1 Å². The van der Waals surface area contributed by atoms with E-state index >= 15 is 0 Å². The second kappa shape index (κ2) is 3.60. The maximum absolute atomic E-state index is 11.7. The van der Waals surface area contributed by atoms with Crippen LogP contribution < -0.4 is 0 Å². The van der Waals surface area contributed by atoms with E-state index in [4.69, 9.17) is 0 Å². The molecule has 15 heavy (non-hydrogen) atoms. The smallest absolute Gasteiger partial charge is 0.192 e. The van der Waals surface area contributed by atoms with Crippen molar-refractivity contribution in [2.24, 2.45) is 0 Å². The van der Waals surface area contributed by atoms with E-state index in [1.807, 2.05) is 0 Å². The van der Waals surface area contributed by atoms with Crippen LogP contribution in [0.3, 0.4) is 0 Å². The molecule has 0 N–H and O–H groups in total. The van der Waals surface area contributed by atoms with Gasteiger partial charge in [-0.2, -0.15) is 0 Å². The molecule has 0 bridgehead atoms. The lowest BCUT2D eigenvalue weighted by atomic mass is 10.1. The lowest BCUT2D eigenvalue weighted by Gasteiger charge is -1.92. The van der Waals surface area contributed by atoms with Crippen LogP contribution in [-0.2, 0) is 6.42 Å². The topological polar surface area (TPSA) is 94.9 Å². The molecular formula is C8H8N4O3. The predicted molar refractivity (Wildman–Crippen MR) is 46.1 cm³/mol. The Kier molecular flexibility index (Phi) is 2.28. The Labute approximate surface area is 84.4 Å². The van der Waals surface area contributed by atoms with Crippen LogP contribution >= 0.6 is 0 Å². The second-order valence-corrected chi connectivity index (χ2v) is 3.09. The molecule has 0 aliphatic carbocycles. The average Bonchev–Trinajstić information content (AvgIpc) is 2.76. The minimum absolute atomic E-state index is 0.0877. The number of ketones is 1. The van der Waals surface area contributed by atoms with Gasteiger partial charge in [-0.25, -0.2) is 9.26 Å². The standard InChI is InChI=1S/C8H8N4O3/c1-4-6(11-14-9-4)3-7(13)8-5(2)10-15-12-8/h3H2,1-2H3. The van der Waals surface area contributed by atoms with Crippen LogP contribution in [0.2, 0.25) is 0 Å². The highest BCUT2D eigenvalue weighted by molar-refractivity contribution is 5.96. The van der Waals surface area contributed by atoms with Crippen LogP contribution in [0.25, 0.3) is 0 Å². The first-order chi connectivity index (χ1) is 7.18. The van der Waals surface area contributed by atoms with Crippen molar-refractivity contribution in [1.82, 2.24) is 20.6 Å². The van der Waals surface area contributed by atoms with Gasteiger partial charge in [-0.05, 0) is 19.0 Å². The minimum atomic E-state index is -0.215. The minimum Gasteiger partial charge on any atom is -0.292 e. The molecule has 0 spiro atoms. The molecule has 0 aromatic carbocycles. The number of carbonyl (C=O) groups is 1. The molecule has 0 fully saturated rings. The monoisotopic (exact) mass is 208 g/mol. The van der Waals surface area contributed by atoms with E-state index in [9.17, 15) is 4.79 Å². The van der Waals surface area contributed by atoms with Crippen LogP contribution in [-0.4, -0.2) is 26.4 Å². The van der Waals surface area contributed by atoms with Crippen LogP contribution in [0.1, 0.15) is 27.6 Å². The Balaban J connectivity index is 2.18. The SMILES string of the molecule is Cc1nonc1CC(=O)c1nonc1C. The quantitative estimate of drug-likeness (QED) is 0.677. The summed E-state index contributed by atoms with van der Waals surface area (Å²) in [4.78, 5) is 11.7. The Morgan fingerprint density at radius 3 is 2.27 bits per heavy atom. The summed E-state index contributed by atoms with van der Waals surface area (Å²) in [5.74, 6) is -0.215. The number of hydrogen-bond acceptors (Lipinski definition) is 7. The summed E-state index contributed by atoms with van der Waals surface area (Å²) in [6, 6.07) is 0. The van der Waals surface area contributed by atoms with Gasteiger partial charge in [-0.3, -0.25) is 4.79 Å². The Hall–Kier alpha value is -2.05. The molecule has 0 amide bonds. The zero-order valence-electron chi connectivity index (χ0n) is 8.22. The highest BCUT2D eigenvalue weighted by Gasteiger charge is 2.18. The third-order valence-electron chi connectivity index (χ3n) is 1.99. The highest BCUT2D eigenvalue weighted by Crippen LogP contribution is 2.08. The van der Waals surface area contributed by atoms with Crippen molar-refractivity contribution in [2.75, 3.05) is 0 Å². The first kappa shape index (κ1) is 9.50. The van der Waals surface area contributed by atoms with Crippen LogP contribution in [0.4, 0.5) is 0 Å². The Morgan fingerprint density at radius 2 is 1.73 bits per heavy atom. The van der Waals surface area contributed by atoms with Gasteiger partial charge in [-0.15, -0.1) is 0 Å². The fourth-order valence-electron chi connectivity index (χ4n) is 1.13. The number of nitrogens with zero attached hydrogens (tertiary/aromatic N) is 4. The Morgan fingerprint density at radius 1 is 1.07 bits per heavy atom.